The number of benzene rings is 2. The van der Waals surface area contributed by atoms with Crippen LogP contribution >= 0.6 is 0 Å². The summed E-state index contributed by atoms with van der Waals surface area (Å²) in [5, 5.41) is 5.73. The number of amides is 3. The maximum Gasteiger partial charge on any atom is 0.323 e. The lowest BCUT2D eigenvalue weighted by Gasteiger charge is -2.31. The summed E-state index contributed by atoms with van der Waals surface area (Å²) in [5.41, 5.74) is 4.51. The molecule has 0 aromatic heterocycles. The minimum absolute atomic E-state index is 0.0538. The van der Waals surface area contributed by atoms with Gasteiger partial charge in [-0.15, -0.1) is 0 Å². The molecule has 2 aromatic carbocycles. The van der Waals surface area contributed by atoms with Crippen LogP contribution < -0.4 is 15.5 Å². The Labute approximate surface area is 154 Å². The van der Waals surface area contributed by atoms with Crippen molar-refractivity contribution < 1.29 is 9.59 Å². The van der Waals surface area contributed by atoms with E-state index in [0.717, 1.165) is 41.9 Å². The zero-order chi connectivity index (χ0) is 18.7. The largest absolute Gasteiger partial charge is 0.323 e. The highest BCUT2D eigenvalue weighted by atomic mass is 16.2. The highest BCUT2D eigenvalue weighted by molar-refractivity contribution is 6.01. The van der Waals surface area contributed by atoms with Gasteiger partial charge in [0.05, 0.1) is 0 Å². The number of anilines is 3. The summed E-state index contributed by atoms with van der Waals surface area (Å²) < 4.78 is 0. The van der Waals surface area contributed by atoms with E-state index < -0.39 is 0 Å². The van der Waals surface area contributed by atoms with Crippen molar-refractivity contribution >= 4 is 29.0 Å². The molecule has 136 valence electrons. The number of aryl methyl sites for hydroxylation is 2. The molecule has 3 amide bonds. The standard InChI is InChI=1S/C21H25N3O2/c1-14(2)20(25)24-12-6-8-16-10-11-17(13-19(16)24)22-21(26)23-18-9-5-4-7-15(18)3/h4-5,7,9-11,13-14H,6,8,12H2,1-3H3,(H2,22,23,26). The Morgan fingerprint density at radius 3 is 2.58 bits per heavy atom. The molecule has 2 N–H and O–H groups in total. The number of hydrogen-bond acceptors (Lipinski definition) is 2. The summed E-state index contributed by atoms with van der Waals surface area (Å²) in [6.07, 6.45) is 1.92. The molecule has 0 aliphatic carbocycles. The van der Waals surface area contributed by atoms with E-state index >= 15 is 0 Å². The molecule has 5 heteroatoms. The number of urea groups is 1. The molecule has 26 heavy (non-hydrogen) atoms. The fraction of sp³-hybridized carbons (Fsp3) is 0.333. The predicted octanol–water partition coefficient (Wildman–Crippen LogP) is 4.57. The van der Waals surface area contributed by atoms with Gasteiger partial charge in [0.15, 0.2) is 0 Å². The molecule has 1 aliphatic rings. The summed E-state index contributed by atoms with van der Waals surface area (Å²) in [4.78, 5) is 26.7. The van der Waals surface area contributed by atoms with E-state index in [1.54, 1.807) is 0 Å². The molecule has 2 aromatic rings. The zero-order valence-corrected chi connectivity index (χ0v) is 15.5. The highest BCUT2D eigenvalue weighted by Crippen LogP contribution is 2.31. The Kier molecular flexibility index (Phi) is 5.26. The number of fused-ring (bicyclic) bond motifs is 1. The van der Waals surface area contributed by atoms with Crippen LogP contribution in [0.25, 0.3) is 0 Å². The third-order valence-electron chi connectivity index (χ3n) is 4.61. The van der Waals surface area contributed by atoms with Gasteiger partial charge < -0.3 is 15.5 Å². The molecular weight excluding hydrogens is 326 g/mol. The van der Waals surface area contributed by atoms with Crippen molar-refractivity contribution in [2.75, 3.05) is 22.1 Å². The molecule has 0 atom stereocenters. The van der Waals surface area contributed by atoms with Crippen molar-refractivity contribution in [1.82, 2.24) is 0 Å². The van der Waals surface area contributed by atoms with Gasteiger partial charge in [0.1, 0.15) is 0 Å². The minimum Gasteiger partial charge on any atom is -0.312 e. The topological polar surface area (TPSA) is 61.4 Å². The number of nitrogens with one attached hydrogen (secondary N) is 2. The van der Waals surface area contributed by atoms with Gasteiger partial charge in [0.25, 0.3) is 0 Å². The number of rotatable bonds is 3. The van der Waals surface area contributed by atoms with Crippen LogP contribution in [-0.2, 0) is 11.2 Å². The third-order valence-corrected chi connectivity index (χ3v) is 4.61. The number of nitrogens with zero attached hydrogens (tertiary/aromatic N) is 1. The highest BCUT2D eigenvalue weighted by Gasteiger charge is 2.24. The van der Waals surface area contributed by atoms with Crippen LogP contribution in [0, 0.1) is 12.8 Å². The number of carbonyl (C=O) groups is 2. The van der Waals surface area contributed by atoms with Crippen LogP contribution in [0.5, 0.6) is 0 Å². The van der Waals surface area contributed by atoms with Crippen molar-refractivity contribution in [3.05, 3.63) is 53.6 Å². The van der Waals surface area contributed by atoms with Crippen LogP contribution in [0.4, 0.5) is 21.9 Å². The van der Waals surface area contributed by atoms with Gasteiger partial charge in [0, 0.05) is 29.5 Å². The summed E-state index contributed by atoms with van der Waals surface area (Å²) in [7, 11) is 0. The first kappa shape index (κ1) is 18.0. The Morgan fingerprint density at radius 1 is 1.08 bits per heavy atom. The predicted molar refractivity (Wildman–Crippen MR) is 106 cm³/mol. The lowest BCUT2D eigenvalue weighted by Crippen LogP contribution is -2.38. The molecule has 1 aliphatic heterocycles. The molecule has 1 heterocycles. The number of hydrogen-bond donors (Lipinski definition) is 2. The van der Waals surface area contributed by atoms with E-state index in [9.17, 15) is 9.59 Å². The number of para-hydroxylation sites is 1. The van der Waals surface area contributed by atoms with Crippen LogP contribution in [0.1, 0.15) is 31.4 Å². The fourth-order valence-electron chi connectivity index (χ4n) is 3.19. The summed E-state index contributed by atoms with van der Waals surface area (Å²) in [6, 6.07) is 13.1. The summed E-state index contributed by atoms with van der Waals surface area (Å²) >= 11 is 0. The summed E-state index contributed by atoms with van der Waals surface area (Å²) in [6.45, 7) is 6.50. The van der Waals surface area contributed by atoms with Crippen LogP contribution in [0.15, 0.2) is 42.5 Å². The maximum atomic E-state index is 12.5. The monoisotopic (exact) mass is 351 g/mol. The molecular formula is C21H25N3O2. The smallest absolute Gasteiger partial charge is 0.312 e. The molecule has 0 saturated heterocycles. The second-order valence-corrected chi connectivity index (χ2v) is 6.99. The van der Waals surface area contributed by atoms with Gasteiger partial charge in [-0.3, -0.25) is 4.79 Å². The summed E-state index contributed by atoms with van der Waals surface area (Å²) in [5.74, 6) is 0.0642. The second-order valence-electron chi connectivity index (χ2n) is 6.99. The maximum absolute atomic E-state index is 12.5. The van der Waals surface area contributed by atoms with Crippen LogP contribution in [0.2, 0.25) is 0 Å². The van der Waals surface area contributed by atoms with Gasteiger partial charge in [0.2, 0.25) is 5.91 Å². The van der Waals surface area contributed by atoms with Crippen molar-refractivity contribution in [3.8, 4) is 0 Å². The van der Waals surface area contributed by atoms with Gasteiger partial charge >= 0.3 is 6.03 Å². The molecule has 0 fully saturated rings. The van der Waals surface area contributed by atoms with Crippen LogP contribution in [-0.4, -0.2) is 18.5 Å². The third kappa shape index (κ3) is 3.87. The fourth-order valence-corrected chi connectivity index (χ4v) is 3.19. The van der Waals surface area contributed by atoms with Gasteiger partial charge in [-0.25, -0.2) is 4.79 Å². The lowest BCUT2D eigenvalue weighted by atomic mass is 9.99. The molecule has 0 bridgehead atoms. The Hall–Kier alpha value is -2.82. The quantitative estimate of drug-likeness (QED) is 0.850. The van der Waals surface area contributed by atoms with E-state index in [0.29, 0.717) is 5.69 Å². The average Bonchev–Trinajstić information content (AvgIpc) is 2.62. The second kappa shape index (κ2) is 7.60. The molecule has 0 saturated carbocycles. The molecule has 0 spiro atoms. The van der Waals surface area contributed by atoms with E-state index in [1.165, 1.54) is 0 Å². The van der Waals surface area contributed by atoms with Crippen molar-refractivity contribution in [3.63, 3.8) is 0 Å². The first-order chi connectivity index (χ1) is 12.5. The van der Waals surface area contributed by atoms with Gasteiger partial charge in [-0.05, 0) is 49.1 Å². The molecule has 0 radical (unpaired) electrons. The van der Waals surface area contributed by atoms with E-state index in [4.69, 9.17) is 0 Å². The van der Waals surface area contributed by atoms with E-state index in [2.05, 4.69) is 10.6 Å². The van der Waals surface area contributed by atoms with Crippen molar-refractivity contribution in [1.29, 1.82) is 0 Å². The van der Waals surface area contributed by atoms with E-state index in [1.807, 2.05) is 68.1 Å². The number of carbonyl (C=O) groups excluding carboxylic acids is 2. The molecule has 3 rings (SSSR count). The van der Waals surface area contributed by atoms with Gasteiger partial charge in [-0.1, -0.05) is 38.1 Å². The van der Waals surface area contributed by atoms with Gasteiger partial charge in [-0.2, -0.15) is 0 Å². The molecule has 0 unspecified atom stereocenters. The SMILES string of the molecule is Cc1ccccc1NC(=O)Nc1ccc2c(c1)N(C(=O)C(C)C)CCC2. The molecule has 5 nitrogen and oxygen atoms in total. The zero-order valence-electron chi connectivity index (χ0n) is 15.5. The first-order valence-corrected chi connectivity index (χ1v) is 9.03. The Balaban J connectivity index is 1.77. The van der Waals surface area contributed by atoms with Crippen molar-refractivity contribution in [2.45, 2.75) is 33.6 Å². The van der Waals surface area contributed by atoms with Crippen molar-refractivity contribution in [2.24, 2.45) is 5.92 Å². The normalized spacial score (nSPS) is 13.3. The lowest BCUT2D eigenvalue weighted by molar-refractivity contribution is -0.121. The Morgan fingerprint density at radius 2 is 1.85 bits per heavy atom. The average molecular weight is 351 g/mol. The van der Waals surface area contributed by atoms with E-state index in [-0.39, 0.29) is 17.9 Å². The minimum atomic E-state index is -0.295. The van der Waals surface area contributed by atoms with Crippen LogP contribution in [0.3, 0.4) is 0 Å². The Bertz CT molecular complexity index is 830. The first-order valence-electron chi connectivity index (χ1n) is 9.03.